The summed E-state index contributed by atoms with van der Waals surface area (Å²) >= 11 is 0. The number of ether oxygens (including phenoxy) is 2. The second-order valence-electron chi connectivity index (χ2n) is 6.02. The van der Waals surface area contributed by atoms with Gasteiger partial charge in [0.2, 0.25) is 0 Å². The van der Waals surface area contributed by atoms with Crippen molar-refractivity contribution < 1.29 is 9.47 Å². The van der Waals surface area contributed by atoms with Gasteiger partial charge in [-0.2, -0.15) is 0 Å². The topological polar surface area (TPSA) is 47.7 Å². The third kappa shape index (κ3) is 7.46. The van der Waals surface area contributed by atoms with E-state index in [1.54, 1.807) is 0 Å². The first-order valence-electron chi connectivity index (χ1n) is 7.70. The van der Waals surface area contributed by atoms with Crippen LogP contribution < -0.4 is 10.5 Å². The summed E-state index contributed by atoms with van der Waals surface area (Å²) in [6, 6.07) is 8.05. The van der Waals surface area contributed by atoms with Gasteiger partial charge in [0.15, 0.2) is 0 Å². The minimum atomic E-state index is 0.00199. The number of hydrogen-bond acceptors (Lipinski definition) is 4. The van der Waals surface area contributed by atoms with Crippen LogP contribution in [-0.4, -0.2) is 43.9 Å². The smallest absolute Gasteiger partial charge is 0.119 e. The van der Waals surface area contributed by atoms with Gasteiger partial charge in [-0.05, 0) is 52.4 Å². The molecule has 0 aliphatic carbocycles. The zero-order valence-electron chi connectivity index (χ0n) is 14.0. The van der Waals surface area contributed by atoms with Crippen molar-refractivity contribution in [3.63, 3.8) is 0 Å². The Kier molecular flexibility index (Phi) is 7.72. The summed E-state index contributed by atoms with van der Waals surface area (Å²) < 4.78 is 11.2. The SMILES string of the molecule is CC(C)OCCN(C)CC(N)c1ccc(OC(C)C)cc1. The molecular weight excluding hydrogens is 264 g/mol. The largest absolute Gasteiger partial charge is 0.491 e. The number of nitrogens with zero attached hydrogens (tertiary/aromatic N) is 1. The van der Waals surface area contributed by atoms with Gasteiger partial charge in [-0.1, -0.05) is 12.1 Å². The highest BCUT2D eigenvalue weighted by molar-refractivity contribution is 5.29. The molecule has 0 saturated heterocycles. The summed E-state index contributed by atoms with van der Waals surface area (Å²) in [5, 5.41) is 0. The number of rotatable bonds is 9. The predicted molar refractivity (Wildman–Crippen MR) is 87.7 cm³/mol. The van der Waals surface area contributed by atoms with Crippen molar-refractivity contribution in [3.05, 3.63) is 29.8 Å². The first kappa shape index (κ1) is 18.0. The molecule has 1 atom stereocenters. The van der Waals surface area contributed by atoms with E-state index in [0.717, 1.165) is 31.0 Å². The van der Waals surface area contributed by atoms with Gasteiger partial charge in [-0.3, -0.25) is 0 Å². The highest BCUT2D eigenvalue weighted by Crippen LogP contribution is 2.18. The molecule has 1 unspecified atom stereocenters. The third-order valence-electron chi connectivity index (χ3n) is 3.11. The maximum Gasteiger partial charge on any atom is 0.119 e. The number of benzene rings is 1. The fourth-order valence-corrected chi connectivity index (χ4v) is 2.04. The van der Waals surface area contributed by atoms with Crippen LogP contribution in [0.3, 0.4) is 0 Å². The van der Waals surface area contributed by atoms with Crippen LogP contribution >= 0.6 is 0 Å². The van der Waals surface area contributed by atoms with Crippen molar-refractivity contribution in [2.45, 2.75) is 45.9 Å². The fraction of sp³-hybridized carbons (Fsp3) is 0.647. The van der Waals surface area contributed by atoms with E-state index in [-0.39, 0.29) is 18.2 Å². The molecule has 4 heteroatoms. The average Bonchev–Trinajstić information content (AvgIpc) is 2.38. The van der Waals surface area contributed by atoms with E-state index in [1.165, 1.54) is 0 Å². The summed E-state index contributed by atoms with van der Waals surface area (Å²) in [4.78, 5) is 2.20. The molecule has 0 heterocycles. The van der Waals surface area contributed by atoms with Gasteiger partial charge in [-0.25, -0.2) is 0 Å². The van der Waals surface area contributed by atoms with Crippen LogP contribution in [0.1, 0.15) is 39.3 Å². The number of hydrogen-bond donors (Lipinski definition) is 1. The molecule has 21 heavy (non-hydrogen) atoms. The lowest BCUT2D eigenvalue weighted by atomic mass is 10.1. The Morgan fingerprint density at radius 1 is 1.05 bits per heavy atom. The molecule has 0 radical (unpaired) electrons. The molecule has 120 valence electrons. The molecule has 0 fully saturated rings. The summed E-state index contributed by atoms with van der Waals surface area (Å²) in [6.45, 7) is 10.6. The Labute approximate surface area is 129 Å². The van der Waals surface area contributed by atoms with Crippen molar-refractivity contribution in [2.75, 3.05) is 26.7 Å². The lowest BCUT2D eigenvalue weighted by molar-refractivity contribution is 0.0629. The monoisotopic (exact) mass is 294 g/mol. The molecule has 1 aromatic carbocycles. The van der Waals surface area contributed by atoms with Gasteiger partial charge >= 0.3 is 0 Å². The molecule has 0 amide bonds. The maximum atomic E-state index is 6.26. The Balaban J connectivity index is 2.42. The van der Waals surface area contributed by atoms with Gasteiger partial charge in [0.05, 0.1) is 18.8 Å². The second-order valence-corrected chi connectivity index (χ2v) is 6.02. The van der Waals surface area contributed by atoms with E-state index in [1.807, 2.05) is 52.0 Å². The average molecular weight is 294 g/mol. The standard InChI is InChI=1S/C17H30N2O2/c1-13(2)20-11-10-19(5)12-17(18)15-6-8-16(9-7-15)21-14(3)4/h6-9,13-14,17H,10-12,18H2,1-5H3. The lowest BCUT2D eigenvalue weighted by Crippen LogP contribution is -2.32. The Morgan fingerprint density at radius 2 is 1.67 bits per heavy atom. The third-order valence-corrected chi connectivity index (χ3v) is 3.11. The van der Waals surface area contributed by atoms with Gasteiger partial charge in [0, 0.05) is 19.1 Å². The molecule has 0 aromatic heterocycles. The Hall–Kier alpha value is -1.10. The van der Waals surface area contributed by atoms with Gasteiger partial charge < -0.3 is 20.1 Å². The first-order chi connectivity index (χ1) is 9.88. The van der Waals surface area contributed by atoms with Crippen molar-refractivity contribution >= 4 is 0 Å². The van der Waals surface area contributed by atoms with Gasteiger partial charge in [0.25, 0.3) is 0 Å². The van der Waals surface area contributed by atoms with Crippen molar-refractivity contribution in [3.8, 4) is 5.75 Å². The maximum absolute atomic E-state index is 6.26. The highest BCUT2D eigenvalue weighted by Gasteiger charge is 2.10. The fourth-order valence-electron chi connectivity index (χ4n) is 2.04. The Morgan fingerprint density at radius 3 is 2.19 bits per heavy atom. The molecule has 1 rings (SSSR count). The van der Waals surface area contributed by atoms with Crippen molar-refractivity contribution in [2.24, 2.45) is 5.73 Å². The van der Waals surface area contributed by atoms with Crippen LogP contribution in [0.4, 0.5) is 0 Å². The highest BCUT2D eigenvalue weighted by atomic mass is 16.5. The molecule has 4 nitrogen and oxygen atoms in total. The summed E-state index contributed by atoms with van der Waals surface area (Å²) in [7, 11) is 2.07. The minimum Gasteiger partial charge on any atom is -0.491 e. The molecule has 0 aliphatic rings. The molecule has 0 saturated carbocycles. The van der Waals surface area contributed by atoms with Crippen molar-refractivity contribution in [1.82, 2.24) is 4.90 Å². The molecule has 0 bridgehead atoms. The van der Waals surface area contributed by atoms with Crippen LogP contribution in [0.2, 0.25) is 0 Å². The molecule has 0 spiro atoms. The molecule has 0 aliphatic heterocycles. The molecule has 1 aromatic rings. The summed E-state index contributed by atoms with van der Waals surface area (Å²) in [5.74, 6) is 0.889. The van der Waals surface area contributed by atoms with E-state index >= 15 is 0 Å². The van der Waals surface area contributed by atoms with Crippen LogP contribution in [0.25, 0.3) is 0 Å². The second kappa shape index (κ2) is 9.03. The van der Waals surface area contributed by atoms with E-state index in [0.29, 0.717) is 0 Å². The van der Waals surface area contributed by atoms with E-state index < -0.39 is 0 Å². The van der Waals surface area contributed by atoms with Crippen LogP contribution in [0.5, 0.6) is 5.75 Å². The zero-order chi connectivity index (χ0) is 15.8. The normalized spacial score (nSPS) is 13.2. The van der Waals surface area contributed by atoms with Gasteiger partial charge in [-0.15, -0.1) is 0 Å². The van der Waals surface area contributed by atoms with E-state index in [2.05, 4.69) is 11.9 Å². The summed E-state index contributed by atoms with van der Waals surface area (Å²) in [6.07, 6.45) is 0.470. The lowest BCUT2D eigenvalue weighted by Gasteiger charge is -2.22. The summed E-state index contributed by atoms with van der Waals surface area (Å²) in [5.41, 5.74) is 7.38. The zero-order valence-corrected chi connectivity index (χ0v) is 14.0. The first-order valence-corrected chi connectivity index (χ1v) is 7.70. The van der Waals surface area contributed by atoms with E-state index in [9.17, 15) is 0 Å². The minimum absolute atomic E-state index is 0.00199. The number of nitrogens with two attached hydrogens (primary N) is 1. The Bertz CT molecular complexity index is 390. The van der Waals surface area contributed by atoms with Crippen LogP contribution in [0.15, 0.2) is 24.3 Å². The predicted octanol–water partition coefficient (Wildman–Crippen LogP) is 2.83. The van der Waals surface area contributed by atoms with E-state index in [4.69, 9.17) is 15.2 Å². The molecule has 2 N–H and O–H groups in total. The van der Waals surface area contributed by atoms with Crippen molar-refractivity contribution in [1.29, 1.82) is 0 Å². The molecular formula is C17H30N2O2. The van der Waals surface area contributed by atoms with Crippen LogP contribution in [0, 0.1) is 0 Å². The van der Waals surface area contributed by atoms with Gasteiger partial charge in [0.1, 0.15) is 5.75 Å². The van der Waals surface area contributed by atoms with Crippen LogP contribution in [-0.2, 0) is 4.74 Å². The quantitative estimate of drug-likeness (QED) is 0.761. The number of likely N-dealkylation sites (N-methyl/N-ethyl adjacent to an activating group) is 1.